The van der Waals surface area contributed by atoms with Crippen LogP contribution in [0.3, 0.4) is 0 Å². The highest BCUT2D eigenvalue weighted by molar-refractivity contribution is 5.44. The topological polar surface area (TPSA) is 42.3 Å². The number of hydrogen-bond donors (Lipinski definition) is 1. The highest BCUT2D eigenvalue weighted by atomic mass is 15.4. The molecule has 0 fully saturated rings. The van der Waals surface area contributed by atoms with Crippen LogP contribution in [0.25, 0.3) is 0 Å². The highest BCUT2D eigenvalue weighted by Gasteiger charge is 2.25. The Morgan fingerprint density at radius 3 is 3.00 bits per heavy atom. The van der Waals surface area contributed by atoms with Gasteiger partial charge >= 0.3 is 0 Å². The van der Waals surface area contributed by atoms with Crippen LogP contribution in [0.15, 0.2) is 35.9 Å². The van der Waals surface area contributed by atoms with E-state index in [0.29, 0.717) is 5.57 Å². The zero-order valence-corrected chi connectivity index (χ0v) is 8.94. The molecule has 0 aliphatic carbocycles. The van der Waals surface area contributed by atoms with Crippen LogP contribution in [-0.2, 0) is 0 Å². The third-order valence-corrected chi connectivity index (χ3v) is 2.57. The Balaban J connectivity index is 2.28. The van der Waals surface area contributed by atoms with Gasteiger partial charge in [-0.25, -0.2) is 0 Å². The van der Waals surface area contributed by atoms with E-state index in [0.717, 1.165) is 12.2 Å². The van der Waals surface area contributed by atoms with E-state index in [1.54, 1.807) is 0 Å². The molecule has 0 amide bonds. The number of rotatable bonds is 2. The van der Waals surface area contributed by atoms with Gasteiger partial charge in [-0.3, -0.25) is 0 Å². The molecule has 1 atom stereocenters. The Morgan fingerprint density at radius 2 is 2.33 bits per heavy atom. The van der Waals surface area contributed by atoms with Crippen molar-refractivity contribution in [2.75, 3.05) is 13.6 Å². The highest BCUT2D eigenvalue weighted by Crippen LogP contribution is 2.24. The predicted molar refractivity (Wildman–Crippen MR) is 58.0 cm³/mol. The van der Waals surface area contributed by atoms with Crippen LogP contribution < -0.4 is 5.32 Å². The second-order valence-corrected chi connectivity index (χ2v) is 3.59. The lowest BCUT2D eigenvalue weighted by Crippen LogP contribution is -2.36. The molecule has 0 saturated heterocycles. The zero-order chi connectivity index (χ0) is 10.8. The summed E-state index contributed by atoms with van der Waals surface area (Å²) in [5.74, 6) is 0. The largest absolute Gasteiger partial charge is 0.384 e. The van der Waals surface area contributed by atoms with Gasteiger partial charge in [0, 0.05) is 32.2 Å². The molecule has 78 valence electrons. The third kappa shape index (κ3) is 1.57. The molecule has 2 rings (SSSR count). The molecule has 0 radical (unpaired) electrons. The van der Waals surface area contributed by atoms with E-state index in [4.69, 9.17) is 5.26 Å². The lowest BCUT2D eigenvalue weighted by atomic mass is 10.1. The first kappa shape index (κ1) is 9.66. The van der Waals surface area contributed by atoms with Crippen LogP contribution in [0.1, 0.15) is 6.92 Å². The number of allylic oxidation sites excluding steroid dienone is 1. The van der Waals surface area contributed by atoms with Crippen LogP contribution in [0.4, 0.5) is 0 Å². The Labute approximate surface area is 89.8 Å². The van der Waals surface area contributed by atoms with Crippen LogP contribution in [0.2, 0.25) is 0 Å². The monoisotopic (exact) mass is 202 g/mol. The van der Waals surface area contributed by atoms with Gasteiger partial charge in [0.15, 0.2) is 0 Å². The van der Waals surface area contributed by atoms with Crippen molar-refractivity contribution in [3.63, 3.8) is 0 Å². The number of fused-ring (bicyclic) bond motifs is 1. The Bertz CT molecular complexity index is 386. The van der Waals surface area contributed by atoms with E-state index in [-0.39, 0.29) is 6.17 Å². The first-order valence-corrected chi connectivity index (χ1v) is 5.02. The average molecular weight is 202 g/mol. The first-order chi connectivity index (χ1) is 7.26. The maximum Gasteiger partial charge on any atom is 0.126 e. The summed E-state index contributed by atoms with van der Waals surface area (Å²) in [6.45, 7) is 2.85. The minimum atomic E-state index is 0.205. The molecule has 0 aromatic rings. The summed E-state index contributed by atoms with van der Waals surface area (Å²) in [5, 5.41) is 12.2. The van der Waals surface area contributed by atoms with Gasteiger partial charge in [0.1, 0.15) is 12.2 Å². The number of hydrogen-bond acceptors (Lipinski definition) is 4. The normalized spacial score (nSPS) is 23.1. The maximum atomic E-state index is 9.01. The fourth-order valence-corrected chi connectivity index (χ4v) is 1.78. The van der Waals surface area contributed by atoms with Gasteiger partial charge in [-0.05, 0) is 13.0 Å². The minimum absolute atomic E-state index is 0.205. The fourth-order valence-electron chi connectivity index (χ4n) is 1.78. The molecule has 2 aliphatic heterocycles. The Kier molecular flexibility index (Phi) is 2.38. The lowest BCUT2D eigenvalue weighted by molar-refractivity contribution is 0.272. The van der Waals surface area contributed by atoms with Crippen molar-refractivity contribution in [3.8, 4) is 6.07 Å². The second kappa shape index (κ2) is 3.70. The predicted octanol–water partition coefficient (Wildman–Crippen LogP) is 0.946. The van der Waals surface area contributed by atoms with Crippen molar-refractivity contribution >= 4 is 0 Å². The first-order valence-electron chi connectivity index (χ1n) is 5.02. The summed E-state index contributed by atoms with van der Waals surface area (Å²) in [5.41, 5.74) is 1.62. The van der Waals surface area contributed by atoms with Crippen molar-refractivity contribution in [1.29, 1.82) is 5.26 Å². The van der Waals surface area contributed by atoms with Crippen LogP contribution in [-0.4, -0.2) is 29.6 Å². The molecular weight excluding hydrogens is 188 g/mol. The van der Waals surface area contributed by atoms with Crippen molar-refractivity contribution in [2.45, 2.75) is 13.1 Å². The average Bonchev–Trinajstić information content (AvgIpc) is 2.60. The van der Waals surface area contributed by atoms with Crippen molar-refractivity contribution in [2.24, 2.45) is 0 Å². The minimum Gasteiger partial charge on any atom is -0.384 e. The molecule has 2 aliphatic rings. The molecule has 1 N–H and O–H groups in total. The lowest BCUT2D eigenvalue weighted by Gasteiger charge is -2.30. The molecule has 4 heteroatoms. The van der Waals surface area contributed by atoms with Crippen LogP contribution in [0, 0.1) is 11.3 Å². The van der Waals surface area contributed by atoms with E-state index in [2.05, 4.69) is 22.4 Å². The van der Waals surface area contributed by atoms with Gasteiger partial charge in [-0.2, -0.15) is 5.26 Å². The van der Waals surface area contributed by atoms with Crippen LogP contribution in [0.5, 0.6) is 0 Å². The number of nitrogens with zero attached hydrogens (tertiary/aromatic N) is 3. The van der Waals surface area contributed by atoms with Crippen molar-refractivity contribution in [3.05, 3.63) is 35.9 Å². The van der Waals surface area contributed by atoms with E-state index < -0.39 is 0 Å². The van der Waals surface area contributed by atoms with E-state index in [9.17, 15) is 0 Å². The number of nitriles is 1. The van der Waals surface area contributed by atoms with Gasteiger partial charge in [-0.1, -0.05) is 0 Å². The number of likely N-dealkylation sites (N-methyl/N-ethyl adjacent to an activating group) is 2. The van der Waals surface area contributed by atoms with Gasteiger partial charge in [0.05, 0.1) is 11.3 Å². The summed E-state index contributed by atoms with van der Waals surface area (Å²) < 4.78 is 0. The molecule has 1 unspecified atom stereocenters. The van der Waals surface area contributed by atoms with E-state index in [1.165, 1.54) is 0 Å². The quantitative estimate of drug-likeness (QED) is 0.724. The molecule has 0 aromatic carbocycles. The summed E-state index contributed by atoms with van der Waals surface area (Å²) >= 11 is 0. The summed E-state index contributed by atoms with van der Waals surface area (Å²) in [4.78, 5) is 4.13. The van der Waals surface area contributed by atoms with Gasteiger partial charge in [0.2, 0.25) is 0 Å². The standard InChI is InChI=1S/C11H14N4/c1-3-13-10-6-11-14(2)4-5-15(11)8-9(10)7-12/h4-6,8,11,13H,3H2,1-2H3. The molecular formula is C11H14N4. The van der Waals surface area contributed by atoms with Crippen molar-refractivity contribution < 1.29 is 0 Å². The number of nitrogens with one attached hydrogen (secondary N) is 1. The molecule has 0 bridgehead atoms. The molecule has 0 aromatic heterocycles. The van der Waals surface area contributed by atoms with E-state index in [1.807, 2.05) is 37.5 Å². The Morgan fingerprint density at radius 1 is 1.53 bits per heavy atom. The van der Waals surface area contributed by atoms with Gasteiger partial charge in [-0.15, -0.1) is 0 Å². The molecule has 0 spiro atoms. The summed E-state index contributed by atoms with van der Waals surface area (Å²) in [7, 11) is 2.02. The van der Waals surface area contributed by atoms with Gasteiger partial charge < -0.3 is 15.1 Å². The molecule has 0 saturated carbocycles. The SMILES string of the molecule is CCNC1=CC2N(C)C=CN2C=C1C#N. The Hall–Kier alpha value is -1.89. The smallest absolute Gasteiger partial charge is 0.126 e. The third-order valence-electron chi connectivity index (χ3n) is 2.57. The van der Waals surface area contributed by atoms with E-state index >= 15 is 0 Å². The molecule has 15 heavy (non-hydrogen) atoms. The molecule has 4 nitrogen and oxygen atoms in total. The fraction of sp³-hybridized carbons (Fsp3) is 0.364. The summed E-state index contributed by atoms with van der Waals surface area (Å²) in [6.07, 6.45) is 8.13. The maximum absolute atomic E-state index is 9.01. The van der Waals surface area contributed by atoms with Gasteiger partial charge in [0.25, 0.3) is 0 Å². The summed E-state index contributed by atoms with van der Waals surface area (Å²) in [6, 6.07) is 2.20. The zero-order valence-electron chi connectivity index (χ0n) is 8.94. The second-order valence-electron chi connectivity index (χ2n) is 3.59. The van der Waals surface area contributed by atoms with Crippen LogP contribution >= 0.6 is 0 Å². The molecule has 2 heterocycles. The van der Waals surface area contributed by atoms with Crippen molar-refractivity contribution in [1.82, 2.24) is 15.1 Å².